The molecular formula is C15H24FNO. The van der Waals surface area contributed by atoms with Gasteiger partial charge in [0.2, 0.25) is 0 Å². The molecule has 0 amide bonds. The first-order chi connectivity index (χ1) is 8.71. The van der Waals surface area contributed by atoms with Crippen LogP contribution in [0.4, 0.5) is 10.1 Å². The molecule has 0 spiro atoms. The van der Waals surface area contributed by atoms with Crippen LogP contribution in [0.25, 0.3) is 0 Å². The highest BCUT2D eigenvalue weighted by molar-refractivity contribution is 5.48. The van der Waals surface area contributed by atoms with E-state index in [1.165, 1.54) is 18.9 Å². The van der Waals surface area contributed by atoms with E-state index in [4.69, 9.17) is 4.74 Å². The maximum absolute atomic E-state index is 13.7. The zero-order valence-corrected chi connectivity index (χ0v) is 11.6. The number of benzene rings is 1. The molecule has 1 aromatic rings. The van der Waals surface area contributed by atoms with Gasteiger partial charge in [-0.2, -0.15) is 0 Å². The molecular weight excluding hydrogens is 229 g/mol. The van der Waals surface area contributed by atoms with Crippen LogP contribution in [-0.2, 0) is 0 Å². The summed E-state index contributed by atoms with van der Waals surface area (Å²) in [6, 6.07) is 5.50. The number of unbranched alkanes of at least 4 members (excludes halogenated alkanes) is 1. The fraction of sp³-hybridized carbons (Fsp3) is 0.600. The molecule has 1 N–H and O–H groups in total. The van der Waals surface area contributed by atoms with Gasteiger partial charge < -0.3 is 10.1 Å². The lowest BCUT2D eigenvalue weighted by molar-refractivity contribution is 0.321. The number of halogens is 1. The van der Waals surface area contributed by atoms with Gasteiger partial charge >= 0.3 is 0 Å². The quantitative estimate of drug-likeness (QED) is 0.730. The largest absolute Gasteiger partial charge is 0.491 e. The van der Waals surface area contributed by atoms with Crippen LogP contribution >= 0.6 is 0 Å². The fourth-order valence-corrected chi connectivity index (χ4v) is 1.93. The van der Waals surface area contributed by atoms with Crippen LogP contribution < -0.4 is 10.1 Å². The normalized spacial score (nSPS) is 12.2. The van der Waals surface area contributed by atoms with Crippen molar-refractivity contribution in [3.05, 3.63) is 24.0 Å². The average molecular weight is 253 g/mol. The first kappa shape index (κ1) is 14.8. The van der Waals surface area contributed by atoms with Crippen LogP contribution in [-0.4, -0.2) is 12.6 Å². The molecule has 0 radical (unpaired) electrons. The van der Waals surface area contributed by atoms with Crippen LogP contribution in [0, 0.1) is 5.82 Å². The van der Waals surface area contributed by atoms with Crippen molar-refractivity contribution < 1.29 is 9.13 Å². The van der Waals surface area contributed by atoms with E-state index in [1.54, 1.807) is 6.07 Å². The number of rotatable bonds is 8. The Bertz CT molecular complexity index is 354. The second kappa shape index (κ2) is 7.96. The van der Waals surface area contributed by atoms with E-state index >= 15 is 0 Å². The third kappa shape index (κ3) is 4.55. The third-order valence-electron chi connectivity index (χ3n) is 3.00. The summed E-state index contributed by atoms with van der Waals surface area (Å²) in [5, 5.41) is 3.38. The Balaban J connectivity index is 2.63. The van der Waals surface area contributed by atoms with Crippen LogP contribution in [0.15, 0.2) is 18.2 Å². The van der Waals surface area contributed by atoms with Gasteiger partial charge in [-0.25, -0.2) is 4.39 Å². The molecule has 0 fully saturated rings. The predicted octanol–water partition coefficient (Wildman–Crippen LogP) is 4.61. The monoisotopic (exact) mass is 253 g/mol. The Kier molecular flexibility index (Phi) is 6.55. The van der Waals surface area contributed by atoms with Gasteiger partial charge in [0.15, 0.2) is 11.6 Å². The molecule has 0 aliphatic carbocycles. The lowest BCUT2D eigenvalue weighted by Gasteiger charge is -2.18. The van der Waals surface area contributed by atoms with E-state index in [0.29, 0.717) is 18.4 Å². The van der Waals surface area contributed by atoms with Gasteiger partial charge in [-0.15, -0.1) is 0 Å². The van der Waals surface area contributed by atoms with Crippen molar-refractivity contribution in [2.45, 2.75) is 52.5 Å². The molecule has 0 aromatic heterocycles. The van der Waals surface area contributed by atoms with Gasteiger partial charge in [-0.1, -0.05) is 26.7 Å². The standard InChI is InChI=1S/C15H24FNO/c1-4-7-8-12(5-2)17-13-9-10-15(18-6-3)14(16)11-13/h9-12,17H,4-8H2,1-3H3. The van der Waals surface area contributed by atoms with Crippen molar-refractivity contribution in [2.24, 2.45) is 0 Å². The molecule has 1 atom stereocenters. The number of nitrogens with one attached hydrogen (secondary N) is 1. The molecule has 0 heterocycles. The molecule has 2 nitrogen and oxygen atoms in total. The van der Waals surface area contributed by atoms with Crippen LogP contribution in [0.5, 0.6) is 5.75 Å². The number of hydrogen-bond acceptors (Lipinski definition) is 2. The topological polar surface area (TPSA) is 21.3 Å². The summed E-state index contributed by atoms with van der Waals surface area (Å²) < 4.78 is 18.9. The van der Waals surface area contributed by atoms with Crippen molar-refractivity contribution in [1.29, 1.82) is 0 Å². The van der Waals surface area contributed by atoms with Gasteiger partial charge in [0, 0.05) is 17.8 Å². The van der Waals surface area contributed by atoms with E-state index in [2.05, 4.69) is 19.2 Å². The number of hydrogen-bond donors (Lipinski definition) is 1. The smallest absolute Gasteiger partial charge is 0.167 e. The van der Waals surface area contributed by atoms with Gasteiger partial charge in [0.1, 0.15) is 0 Å². The summed E-state index contributed by atoms with van der Waals surface area (Å²) in [5.41, 5.74) is 0.832. The third-order valence-corrected chi connectivity index (χ3v) is 3.00. The van der Waals surface area contributed by atoms with Crippen molar-refractivity contribution in [1.82, 2.24) is 0 Å². The Morgan fingerprint density at radius 3 is 2.61 bits per heavy atom. The molecule has 0 saturated heterocycles. The highest BCUT2D eigenvalue weighted by Crippen LogP contribution is 2.22. The molecule has 0 saturated carbocycles. The second-order valence-electron chi connectivity index (χ2n) is 4.47. The molecule has 102 valence electrons. The van der Waals surface area contributed by atoms with Gasteiger partial charge in [0.25, 0.3) is 0 Å². The molecule has 0 bridgehead atoms. The molecule has 1 unspecified atom stereocenters. The summed E-state index contributed by atoms with van der Waals surface area (Å²) in [7, 11) is 0. The molecule has 1 aromatic carbocycles. The lowest BCUT2D eigenvalue weighted by Crippen LogP contribution is -2.18. The Morgan fingerprint density at radius 2 is 2.06 bits per heavy atom. The number of anilines is 1. The molecule has 0 aliphatic rings. The van der Waals surface area contributed by atoms with E-state index in [9.17, 15) is 4.39 Å². The lowest BCUT2D eigenvalue weighted by atomic mass is 10.1. The zero-order chi connectivity index (χ0) is 13.4. The van der Waals surface area contributed by atoms with Crippen molar-refractivity contribution >= 4 is 5.69 Å². The minimum Gasteiger partial charge on any atom is -0.491 e. The first-order valence-electron chi connectivity index (χ1n) is 6.90. The highest BCUT2D eigenvalue weighted by Gasteiger charge is 2.08. The summed E-state index contributed by atoms with van der Waals surface area (Å²) >= 11 is 0. The molecule has 1 rings (SSSR count). The first-order valence-corrected chi connectivity index (χ1v) is 6.90. The van der Waals surface area contributed by atoms with E-state index in [0.717, 1.165) is 18.5 Å². The average Bonchev–Trinajstić information content (AvgIpc) is 2.37. The highest BCUT2D eigenvalue weighted by atomic mass is 19.1. The minimum absolute atomic E-state index is 0.299. The Morgan fingerprint density at radius 1 is 1.28 bits per heavy atom. The van der Waals surface area contributed by atoms with Crippen molar-refractivity contribution in [3.8, 4) is 5.75 Å². The zero-order valence-electron chi connectivity index (χ0n) is 11.6. The van der Waals surface area contributed by atoms with Crippen LogP contribution in [0.1, 0.15) is 46.5 Å². The fourth-order valence-electron chi connectivity index (χ4n) is 1.93. The van der Waals surface area contributed by atoms with E-state index < -0.39 is 0 Å². The van der Waals surface area contributed by atoms with Crippen LogP contribution in [0.3, 0.4) is 0 Å². The summed E-state index contributed by atoms with van der Waals surface area (Å²) in [6.45, 7) is 6.67. The van der Waals surface area contributed by atoms with Crippen LogP contribution in [0.2, 0.25) is 0 Å². The Hall–Kier alpha value is -1.25. The van der Waals surface area contributed by atoms with Crippen molar-refractivity contribution in [2.75, 3.05) is 11.9 Å². The van der Waals surface area contributed by atoms with Gasteiger partial charge in [-0.3, -0.25) is 0 Å². The molecule has 0 aliphatic heterocycles. The SMILES string of the molecule is CCCCC(CC)Nc1ccc(OCC)c(F)c1. The second-order valence-corrected chi connectivity index (χ2v) is 4.47. The molecule has 18 heavy (non-hydrogen) atoms. The van der Waals surface area contributed by atoms with Crippen molar-refractivity contribution in [3.63, 3.8) is 0 Å². The van der Waals surface area contributed by atoms with E-state index in [1.807, 2.05) is 13.0 Å². The summed E-state index contributed by atoms with van der Waals surface area (Å²) in [4.78, 5) is 0. The minimum atomic E-state index is -0.299. The maximum atomic E-state index is 13.7. The maximum Gasteiger partial charge on any atom is 0.167 e. The number of ether oxygens (including phenoxy) is 1. The predicted molar refractivity (Wildman–Crippen MR) is 74.8 cm³/mol. The summed E-state index contributed by atoms with van der Waals surface area (Å²) in [5.74, 6) is 0.0249. The Labute approximate surface area is 110 Å². The molecule has 3 heteroatoms. The van der Waals surface area contributed by atoms with E-state index in [-0.39, 0.29) is 5.82 Å². The summed E-state index contributed by atoms with van der Waals surface area (Å²) in [6.07, 6.45) is 4.57. The van der Waals surface area contributed by atoms with Gasteiger partial charge in [-0.05, 0) is 31.9 Å². The van der Waals surface area contributed by atoms with Gasteiger partial charge in [0.05, 0.1) is 6.61 Å².